The fourth-order valence-corrected chi connectivity index (χ4v) is 3.32. The molecule has 4 nitrogen and oxygen atoms in total. The lowest BCUT2D eigenvalue weighted by atomic mass is 9.95. The predicted octanol–water partition coefficient (Wildman–Crippen LogP) is -0.245. The molecule has 3 aliphatic rings. The van der Waals surface area contributed by atoms with E-state index < -0.39 is 0 Å². The second-order valence-corrected chi connectivity index (χ2v) is 5.23. The summed E-state index contributed by atoms with van der Waals surface area (Å²) in [5.74, 6) is 0. The number of piperazine rings is 1. The topological polar surface area (TPSA) is 27.7 Å². The molecule has 0 aliphatic carbocycles. The number of nitrogens with one attached hydrogen (secondary N) is 1. The highest BCUT2D eigenvalue weighted by atomic mass is 16.5. The van der Waals surface area contributed by atoms with Crippen LogP contribution in [0.25, 0.3) is 0 Å². The van der Waals surface area contributed by atoms with Crippen molar-refractivity contribution in [3.8, 4) is 0 Å². The van der Waals surface area contributed by atoms with E-state index in [-0.39, 0.29) is 0 Å². The molecular weight excluding hydrogens is 202 g/mol. The summed E-state index contributed by atoms with van der Waals surface area (Å²) >= 11 is 0. The smallest absolute Gasteiger partial charge is 0.0594 e. The van der Waals surface area contributed by atoms with Crippen LogP contribution in [-0.4, -0.2) is 74.4 Å². The Hall–Kier alpha value is -0.160. The summed E-state index contributed by atoms with van der Waals surface area (Å²) in [6, 6.07) is 1.60. The number of morpholine rings is 1. The molecule has 0 aromatic carbocycles. The molecule has 16 heavy (non-hydrogen) atoms. The van der Waals surface area contributed by atoms with Crippen LogP contribution in [0.5, 0.6) is 0 Å². The average molecular weight is 225 g/mol. The fourth-order valence-electron chi connectivity index (χ4n) is 3.32. The fraction of sp³-hybridized carbons (Fsp3) is 1.00. The second kappa shape index (κ2) is 5.00. The summed E-state index contributed by atoms with van der Waals surface area (Å²) in [4.78, 5) is 5.34. The Labute approximate surface area is 97.9 Å². The first-order valence-electron chi connectivity index (χ1n) is 6.70. The zero-order chi connectivity index (χ0) is 10.8. The van der Waals surface area contributed by atoms with Crippen LogP contribution >= 0.6 is 0 Å². The average Bonchev–Trinajstić information content (AvgIpc) is 2.39. The Kier molecular flexibility index (Phi) is 3.43. The van der Waals surface area contributed by atoms with Crippen LogP contribution < -0.4 is 5.32 Å². The Morgan fingerprint density at radius 1 is 0.938 bits per heavy atom. The van der Waals surface area contributed by atoms with E-state index in [9.17, 15) is 0 Å². The molecule has 2 atom stereocenters. The van der Waals surface area contributed by atoms with Crippen LogP contribution in [0.2, 0.25) is 0 Å². The van der Waals surface area contributed by atoms with E-state index in [1.165, 1.54) is 39.0 Å². The minimum atomic E-state index is 0.790. The Morgan fingerprint density at radius 3 is 2.62 bits per heavy atom. The summed E-state index contributed by atoms with van der Waals surface area (Å²) in [6.45, 7) is 9.05. The van der Waals surface area contributed by atoms with Crippen molar-refractivity contribution in [1.82, 2.24) is 15.1 Å². The number of hydrogen-bond acceptors (Lipinski definition) is 4. The van der Waals surface area contributed by atoms with E-state index in [4.69, 9.17) is 4.74 Å². The van der Waals surface area contributed by atoms with E-state index in [1.807, 2.05) is 0 Å². The monoisotopic (exact) mass is 225 g/mol. The third-order valence-corrected chi connectivity index (χ3v) is 4.31. The van der Waals surface area contributed by atoms with Crippen LogP contribution in [0.4, 0.5) is 0 Å². The molecule has 0 amide bonds. The van der Waals surface area contributed by atoms with Crippen molar-refractivity contribution in [1.29, 1.82) is 0 Å². The highest BCUT2D eigenvalue weighted by Gasteiger charge is 2.32. The van der Waals surface area contributed by atoms with Gasteiger partial charge < -0.3 is 10.1 Å². The molecular formula is C12H23N3O. The minimum absolute atomic E-state index is 0.790. The maximum atomic E-state index is 5.43. The molecule has 0 radical (unpaired) electrons. The van der Waals surface area contributed by atoms with E-state index >= 15 is 0 Å². The van der Waals surface area contributed by atoms with Crippen molar-refractivity contribution < 1.29 is 4.74 Å². The van der Waals surface area contributed by atoms with Gasteiger partial charge in [0.1, 0.15) is 0 Å². The van der Waals surface area contributed by atoms with Crippen LogP contribution in [0.3, 0.4) is 0 Å². The number of ether oxygens (including phenoxy) is 1. The third-order valence-electron chi connectivity index (χ3n) is 4.31. The van der Waals surface area contributed by atoms with Gasteiger partial charge in [-0.3, -0.25) is 9.80 Å². The van der Waals surface area contributed by atoms with Crippen molar-refractivity contribution >= 4 is 0 Å². The summed E-state index contributed by atoms with van der Waals surface area (Å²) < 4.78 is 5.43. The molecule has 4 heteroatoms. The summed E-state index contributed by atoms with van der Waals surface area (Å²) in [5, 5.41) is 3.50. The SMILES string of the molecule is C1CN2CC(N3CCOCC3)CC[C@H]2CN1. The van der Waals surface area contributed by atoms with Gasteiger partial charge in [0.2, 0.25) is 0 Å². The normalized spacial score (nSPS) is 38.2. The Bertz CT molecular complexity index is 228. The molecule has 3 saturated heterocycles. The molecule has 3 rings (SSSR count). The van der Waals surface area contributed by atoms with Gasteiger partial charge >= 0.3 is 0 Å². The standard InChI is InChI=1S/C12H23N3O/c1-2-12(14-5-7-16-8-6-14)10-15-4-3-13-9-11(1)15/h11-13H,1-10H2/t11-,12?/m0/s1. The Balaban J connectivity index is 1.57. The number of hydrogen-bond donors (Lipinski definition) is 1. The first kappa shape index (κ1) is 11.0. The maximum absolute atomic E-state index is 5.43. The van der Waals surface area contributed by atoms with Gasteiger partial charge in [0, 0.05) is 51.4 Å². The van der Waals surface area contributed by atoms with Gasteiger partial charge in [0.25, 0.3) is 0 Å². The molecule has 0 spiro atoms. The number of piperidine rings is 1. The van der Waals surface area contributed by atoms with E-state index in [0.29, 0.717) is 0 Å². The highest BCUT2D eigenvalue weighted by molar-refractivity contribution is 4.90. The van der Waals surface area contributed by atoms with E-state index in [0.717, 1.165) is 38.4 Å². The minimum Gasteiger partial charge on any atom is -0.379 e. The lowest BCUT2D eigenvalue weighted by molar-refractivity contribution is -0.0161. The highest BCUT2D eigenvalue weighted by Crippen LogP contribution is 2.22. The zero-order valence-corrected chi connectivity index (χ0v) is 10.0. The lowest BCUT2D eigenvalue weighted by Gasteiger charge is -2.46. The second-order valence-electron chi connectivity index (χ2n) is 5.23. The predicted molar refractivity (Wildman–Crippen MR) is 63.6 cm³/mol. The molecule has 1 N–H and O–H groups in total. The molecule has 0 saturated carbocycles. The van der Waals surface area contributed by atoms with Crippen LogP contribution in [0, 0.1) is 0 Å². The van der Waals surface area contributed by atoms with Gasteiger partial charge in [-0.25, -0.2) is 0 Å². The number of rotatable bonds is 1. The molecule has 1 unspecified atom stereocenters. The molecule has 0 aromatic rings. The summed E-state index contributed by atoms with van der Waals surface area (Å²) in [7, 11) is 0. The molecule has 0 aromatic heterocycles. The van der Waals surface area contributed by atoms with Crippen LogP contribution in [0.1, 0.15) is 12.8 Å². The van der Waals surface area contributed by atoms with Crippen LogP contribution in [0.15, 0.2) is 0 Å². The van der Waals surface area contributed by atoms with Gasteiger partial charge in [-0.1, -0.05) is 0 Å². The van der Waals surface area contributed by atoms with Crippen molar-refractivity contribution in [3.63, 3.8) is 0 Å². The largest absolute Gasteiger partial charge is 0.379 e. The van der Waals surface area contributed by atoms with E-state index in [2.05, 4.69) is 15.1 Å². The quantitative estimate of drug-likeness (QED) is 0.666. The lowest BCUT2D eigenvalue weighted by Crippen LogP contribution is -2.60. The zero-order valence-electron chi connectivity index (χ0n) is 10.0. The van der Waals surface area contributed by atoms with Crippen LogP contribution in [-0.2, 0) is 4.74 Å². The van der Waals surface area contributed by atoms with Gasteiger partial charge in [-0.05, 0) is 12.8 Å². The number of fused-ring (bicyclic) bond motifs is 1. The molecule has 3 fully saturated rings. The van der Waals surface area contributed by atoms with E-state index in [1.54, 1.807) is 0 Å². The van der Waals surface area contributed by atoms with Gasteiger partial charge in [-0.2, -0.15) is 0 Å². The van der Waals surface area contributed by atoms with Crippen molar-refractivity contribution in [2.45, 2.75) is 24.9 Å². The molecule has 0 bridgehead atoms. The van der Waals surface area contributed by atoms with Gasteiger partial charge in [-0.15, -0.1) is 0 Å². The maximum Gasteiger partial charge on any atom is 0.0594 e. The van der Waals surface area contributed by atoms with Crippen molar-refractivity contribution in [2.75, 3.05) is 52.5 Å². The third kappa shape index (κ3) is 2.25. The molecule has 92 valence electrons. The van der Waals surface area contributed by atoms with Crippen molar-refractivity contribution in [2.24, 2.45) is 0 Å². The molecule has 3 aliphatic heterocycles. The summed E-state index contributed by atoms with van der Waals surface area (Å²) in [6.07, 6.45) is 2.75. The summed E-state index contributed by atoms with van der Waals surface area (Å²) in [5.41, 5.74) is 0. The Morgan fingerprint density at radius 2 is 1.75 bits per heavy atom. The van der Waals surface area contributed by atoms with Gasteiger partial charge in [0.15, 0.2) is 0 Å². The first-order chi connectivity index (χ1) is 7.93. The molecule has 3 heterocycles. The number of nitrogens with zero attached hydrogens (tertiary/aromatic N) is 2. The first-order valence-corrected chi connectivity index (χ1v) is 6.70. The van der Waals surface area contributed by atoms with Crippen molar-refractivity contribution in [3.05, 3.63) is 0 Å². The van der Waals surface area contributed by atoms with Gasteiger partial charge in [0.05, 0.1) is 13.2 Å².